The number of ether oxygens (including phenoxy) is 2. The van der Waals surface area contributed by atoms with Crippen LogP contribution >= 0.6 is 23.2 Å². The highest BCUT2D eigenvalue weighted by molar-refractivity contribution is 6.42. The van der Waals surface area contributed by atoms with Gasteiger partial charge in [0.15, 0.2) is 0 Å². The van der Waals surface area contributed by atoms with Gasteiger partial charge >= 0.3 is 0 Å². The van der Waals surface area contributed by atoms with Crippen molar-refractivity contribution in [3.05, 3.63) is 75.5 Å². The van der Waals surface area contributed by atoms with Gasteiger partial charge in [0, 0.05) is 11.1 Å². The van der Waals surface area contributed by atoms with Gasteiger partial charge in [0.25, 0.3) is 0 Å². The molecule has 0 spiro atoms. The first kappa shape index (κ1) is 16.9. The van der Waals surface area contributed by atoms with Crippen LogP contribution in [0.1, 0.15) is 24.0 Å². The van der Waals surface area contributed by atoms with Crippen LogP contribution in [0.2, 0.25) is 10.0 Å². The van der Waals surface area contributed by atoms with Crippen molar-refractivity contribution in [1.29, 1.82) is 0 Å². The third kappa shape index (κ3) is 3.31. The predicted octanol–water partition coefficient (Wildman–Crippen LogP) is 6.24. The summed E-state index contributed by atoms with van der Waals surface area (Å²) in [6.07, 6.45) is 4.07. The predicted molar refractivity (Wildman–Crippen MR) is 101 cm³/mol. The molecule has 2 aromatic carbocycles. The highest BCUT2D eigenvalue weighted by Gasteiger charge is 2.20. The summed E-state index contributed by atoms with van der Waals surface area (Å²) in [5, 5.41) is 1.09. The van der Waals surface area contributed by atoms with Crippen molar-refractivity contribution in [2.24, 2.45) is 0 Å². The van der Waals surface area contributed by atoms with Crippen LogP contribution in [0.5, 0.6) is 5.75 Å². The van der Waals surface area contributed by atoms with Crippen LogP contribution < -0.4 is 4.74 Å². The van der Waals surface area contributed by atoms with Crippen molar-refractivity contribution < 1.29 is 9.47 Å². The Bertz CT molecular complexity index is 805. The Morgan fingerprint density at radius 1 is 0.833 bits per heavy atom. The maximum Gasteiger partial charge on any atom is 0.130 e. The smallest absolute Gasteiger partial charge is 0.130 e. The van der Waals surface area contributed by atoms with E-state index in [0.717, 1.165) is 41.1 Å². The molecule has 0 saturated heterocycles. The SMILES string of the molecule is COC1=C(c2ccc(OC)cc2)CCC=C1c1ccc(Cl)c(Cl)c1. The average Bonchev–Trinajstić information content (AvgIpc) is 2.63. The number of hydrogen-bond acceptors (Lipinski definition) is 2. The summed E-state index contributed by atoms with van der Waals surface area (Å²) < 4.78 is 11.0. The van der Waals surface area contributed by atoms with E-state index < -0.39 is 0 Å². The van der Waals surface area contributed by atoms with Crippen molar-refractivity contribution >= 4 is 34.3 Å². The normalized spacial score (nSPS) is 14.4. The Labute approximate surface area is 152 Å². The van der Waals surface area contributed by atoms with Crippen LogP contribution in [0.3, 0.4) is 0 Å². The first-order valence-corrected chi connectivity index (χ1v) is 8.47. The zero-order chi connectivity index (χ0) is 17.1. The highest BCUT2D eigenvalue weighted by atomic mass is 35.5. The molecule has 0 N–H and O–H groups in total. The lowest BCUT2D eigenvalue weighted by Gasteiger charge is -2.22. The second-order valence-corrected chi connectivity index (χ2v) is 6.34. The molecular weight excluding hydrogens is 343 g/mol. The fourth-order valence-electron chi connectivity index (χ4n) is 2.94. The zero-order valence-corrected chi connectivity index (χ0v) is 15.1. The first-order chi connectivity index (χ1) is 11.6. The van der Waals surface area contributed by atoms with Crippen molar-refractivity contribution in [2.75, 3.05) is 14.2 Å². The molecule has 0 bridgehead atoms. The lowest BCUT2D eigenvalue weighted by atomic mass is 9.89. The summed E-state index contributed by atoms with van der Waals surface area (Å²) in [6.45, 7) is 0. The second kappa shape index (κ2) is 7.33. The Balaban J connectivity index is 2.05. The molecule has 0 heterocycles. The number of methoxy groups -OCH3 is 2. The number of hydrogen-bond donors (Lipinski definition) is 0. The zero-order valence-electron chi connectivity index (χ0n) is 13.6. The summed E-state index contributed by atoms with van der Waals surface area (Å²) in [7, 11) is 3.37. The molecule has 0 amide bonds. The standard InChI is InChI=1S/C20H18Cl2O2/c1-23-15-9-6-13(7-10-15)16-4-3-5-17(20(16)24-2)14-8-11-18(21)19(22)12-14/h5-12H,3-4H2,1-2H3. The lowest BCUT2D eigenvalue weighted by molar-refractivity contribution is 0.311. The Morgan fingerprint density at radius 3 is 2.17 bits per heavy atom. The summed E-state index contributed by atoms with van der Waals surface area (Å²) in [6, 6.07) is 13.7. The molecule has 2 aromatic rings. The van der Waals surface area contributed by atoms with Crippen LogP contribution in [0.4, 0.5) is 0 Å². The van der Waals surface area contributed by atoms with Crippen molar-refractivity contribution in [2.45, 2.75) is 12.8 Å². The van der Waals surface area contributed by atoms with Gasteiger partial charge in [-0.3, -0.25) is 0 Å². The third-order valence-corrected chi connectivity index (χ3v) is 4.87. The van der Waals surface area contributed by atoms with Crippen LogP contribution in [0.15, 0.2) is 54.3 Å². The van der Waals surface area contributed by atoms with E-state index in [1.807, 2.05) is 30.3 Å². The molecule has 0 aliphatic heterocycles. The lowest BCUT2D eigenvalue weighted by Crippen LogP contribution is -2.03. The second-order valence-electron chi connectivity index (χ2n) is 5.53. The topological polar surface area (TPSA) is 18.5 Å². The van der Waals surface area contributed by atoms with E-state index in [2.05, 4.69) is 18.2 Å². The molecule has 3 rings (SSSR count). The molecule has 124 valence electrons. The molecule has 0 unspecified atom stereocenters. The van der Waals surface area contributed by atoms with Gasteiger partial charge in [-0.2, -0.15) is 0 Å². The minimum atomic E-state index is 0.544. The maximum atomic E-state index is 6.18. The van der Waals surface area contributed by atoms with Gasteiger partial charge in [-0.25, -0.2) is 0 Å². The minimum Gasteiger partial charge on any atom is -0.497 e. The Morgan fingerprint density at radius 2 is 1.54 bits per heavy atom. The van der Waals surface area contributed by atoms with Gasteiger partial charge in [0.2, 0.25) is 0 Å². The quantitative estimate of drug-likeness (QED) is 0.642. The molecule has 0 fully saturated rings. The summed E-state index contributed by atoms with van der Waals surface area (Å²) in [5.41, 5.74) is 4.38. The fraction of sp³-hybridized carbons (Fsp3) is 0.200. The van der Waals surface area contributed by atoms with E-state index in [4.69, 9.17) is 32.7 Å². The third-order valence-electron chi connectivity index (χ3n) is 4.13. The van der Waals surface area contributed by atoms with Crippen molar-refractivity contribution in [3.8, 4) is 5.75 Å². The van der Waals surface area contributed by atoms with Crippen molar-refractivity contribution in [3.63, 3.8) is 0 Å². The molecule has 1 aliphatic carbocycles. The average molecular weight is 361 g/mol. The van der Waals surface area contributed by atoms with E-state index in [0.29, 0.717) is 10.0 Å². The first-order valence-electron chi connectivity index (χ1n) is 7.71. The van der Waals surface area contributed by atoms with Gasteiger partial charge < -0.3 is 9.47 Å². The largest absolute Gasteiger partial charge is 0.497 e. The minimum absolute atomic E-state index is 0.544. The molecule has 0 aromatic heterocycles. The molecule has 0 saturated carbocycles. The monoisotopic (exact) mass is 360 g/mol. The summed E-state index contributed by atoms with van der Waals surface area (Å²) in [4.78, 5) is 0. The highest BCUT2D eigenvalue weighted by Crippen LogP contribution is 2.39. The molecule has 0 radical (unpaired) electrons. The Hall–Kier alpha value is -1.90. The summed E-state index contributed by atoms with van der Waals surface area (Å²) >= 11 is 12.2. The maximum absolute atomic E-state index is 6.18. The van der Waals surface area contributed by atoms with E-state index in [9.17, 15) is 0 Å². The van der Waals surface area contributed by atoms with Crippen molar-refractivity contribution in [1.82, 2.24) is 0 Å². The number of rotatable bonds is 4. The van der Waals surface area contributed by atoms with Crippen LogP contribution in [0, 0.1) is 0 Å². The molecule has 24 heavy (non-hydrogen) atoms. The molecule has 1 aliphatic rings. The van der Waals surface area contributed by atoms with Gasteiger partial charge in [0.1, 0.15) is 11.5 Å². The van der Waals surface area contributed by atoms with Gasteiger partial charge in [0.05, 0.1) is 24.3 Å². The molecule has 0 atom stereocenters. The summed E-state index contributed by atoms with van der Waals surface area (Å²) in [5.74, 6) is 1.72. The van der Waals surface area contributed by atoms with Crippen LogP contribution in [-0.4, -0.2) is 14.2 Å². The van der Waals surface area contributed by atoms with Gasteiger partial charge in [-0.1, -0.05) is 47.5 Å². The van der Waals surface area contributed by atoms with E-state index in [1.165, 1.54) is 5.57 Å². The molecule has 2 nitrogen and oxygen atoms in total. The number of halogens is 2. The van der Waals surface area contributed by atoms with Crippen LogP contribution in [0.25, 0.3) is 11.1 Å². The number of allylic oxidation sites excluding steroid dienone is 3. The molecule has 4 heteroatoms. The molecular formula is C20H18Cl2O2. The van der Waals surface area contributed by atoms with E-state index in [1.54, 1.807) is 14.2 Å². The fourth-order valence-corrected chi connectivity index (χ4v) is 3.24. The van der Waals surface area contributed by atoms with Gasteiger partial charge in [-0.05, 0) is 48.2 Å². The van der Waals surface area contributed by atoms with E-state index >= 15 is 0 Å². The Kier molecular flexibility index (Phi) is 5.17. The number of benzene rings is 2. The van der Waals surface area contributed by atoms with Gasteiger partial charge in [-0.15, -0.1) is 0 Å². The van der Waals surface area contributed by atoms with Crippen LogP contribution in [-0.2, 0) is 4.74 Å². The van der Waals surface area contributed by atoms with E-state index in [-0.39, 0.29) is 0 Å².